The van der Waals surface area contributed by atoms with Crippen LogP contribution in [0, 0.1) is 11.6 Å². The van der Waals surface area contributed by atoms with Gasteiger partial charge in [0, 0.05) is 37.4 Å². The molecule has 0 spiro atoms. The van der Waals surface area contributed by atoms with Crippen LogP contribution in [0.5, 0.6) is 0 Å². The Kier molecular flexibility index (Phi) is 5.30. The molecular formula is C20H18F2N4O. The Morgan fingerprint density at radius 1 is 0.963 bits per heavy atom. The van der Waals surface area contributed by atoms with E-state index in [0.29, 0.717) is 11.4 Å². The van der Waals surface area contributed by atoms with E-state index in [1.807, 2.05) is 31.1 Å². The number of aromatic nitrogens is 1. The van der Waals surface area contributed by atoms with E-state index in [4.69, 9.17) is 0 Å². The fourth-order valence-electron chi connectivity index (χ4n) is 2.43. The van der Waals surface area contributed by atoms with E-state index in [1.54, 1.807) is 12.1 Å². The van der Waals surface area contributed by atoms with Gasteiger partial charge < -0.3 is 15.5 Å². The zero-order chi connectivity index (χ0) is 19.4. The van der Waals surface area contributed by atoms with Crippen molar-refractivity contribution in [2.75, 3.05) is 29.6 Å². The third-order valence-electron chi connectivity index (χ3n) is 3.87. The van der Waals surface area contributed by atoms with Crippen LogP contribution < -0.4 is 15.5 Å². The van der Waals surface area contributed by atoms with Crippen LogP contribution in [-0.2, 0) is 0 Å². The van der Waals surface area contributed by atoms with Crippen LogP contribution in [0.3, 0.4) is 0 Å². The van der Waals surface area contributed by atoms with E-state index in [0.717, 1.165) is 17.8 Å². The van der Waals surface area contributed by atoms with Crippen molar-refractivity contribution in [3.8, 4) is 0 Å². The van der Waals surface area contributed by atoms with Crippen molar-refractivity contribution in [3.63, 3.8) is 0 Å². The molecule has 3 rings (SSSR count). The van der Waals surface area contributed by atoms with E-state index >= 15 is 0 Å². The summed E-state index contributed by atoms with van der Waals surface area (Å²) in [5.41, 5.74) is 1.81. The first-order chi connectivity index (χ1) is 12.9. The lowest BCUT2D eigenvalue weighted by molar-refractivity contribution is 0.102. The Labute approximate surface area is 155 Å². The number of para-hydroxylation sites is 1. The maximum Gasteiger partial charge on any atom is 0.274 e. The van der Waals surface area contributed by atoms with E-state index in [9.17, 15) is 13.6 Å². The molecule has 0 fully saturated rings. The highest BCUT2D eigenvalue weighted by atomic mass is 19.1. The number of anilines is 4. The van der Waals surface area contributed by atoms with Crippen LogP contribution in [0.25, 0.3) is 0 Å². The fourth-order valence-corrected chi connectivity index (χ4v) is 2.43. The van der Waals surface area contributed by atoms with Gasteiger partial charge in [-0.3, -0.25) is 9.78 Å². The Morgan fingerprint density at radius 2 is 1.63 bits per heavy atom. The minimum atomic E-state index is -0.723. The average Bonchev–Trinajstić information content (AvgIpc) is 2.65. The molecule has 138 valence electrons. The van der Waals surface area contributed by atoms with Crippen LogP contribution in [0.15, 0.2) is 60.8 Å². The first-order valence-electron chi connectivity index (χ1n) is 8.20. The van der Waals surface area contributed by atoms with Gasteiger partial charge in [0.2, 0.25) is 0 Å². The van der Waals surface area contributed by atoms with E-state index in [2.05, 4.69) is 15.6 Å². The SMILES string of the molecule is CN(C)c1ccc(NC(=O)c2cc(Nc3c(F)cccc3F)ccn2)cc1. The molecule has 0 saturated carbocycles. The minimum absolute atomic E-state index is 0.119. The third kappa shape index (κ3) is 4.38. The summed E-state index contributed by atoms with van der Waals surface area (Å²) in [6, 6.07) is 13.8. The summed E-state index contributed by atoms with van der Waals surface area (Å²) in [6.45, 7) is 0. The first-order valence-corrected chi connectivity index (χ1v) is 8.20. The van der Waals surface area contributed by atoms with Gasteiger partial charge in [0.15, 0.2) is 0 Å². The van der Waals surface area contributed by atoms with Crippen LogP contribution in [0.2, 0.25) is 0 Å². The van der Waals surface area contributed by atoms with Crippen molar-refractivity contribution in [3.05, 3.63) is 78.1 Å². The van der Waals surface area contributed by atoms with Gasteiger partial charge in [-0.15, -0.1) is 0 Å². The zero-order valence-electron chi connectivity index (χ0n) is 14.8. The Hall–Kier alpha value is -3.48. The van der Waals surface area contributed by atoms with E-state index < -0.39 is 17.5 Å². The maximum atomic E-state index is 13.8. The normalized spacial score (nSPS) is 10.4. The lowest BCUT2D eigenvalue weighted by Gasteiger charge is -2.13. The summed E-state index contributed by atoms with van der Waals surface area (Å²) in [7, 11) is 3.85. The summed E-state index contributed by atoms with van der Waals surface area (Å²) < 4.78 is 27.5. The molecule has 5 nitrogen and oxygen atoms in total. The topological polar surface area (TPSA) is 57.3 Å². The number of rotatable bonds is 5. The predicted molar refractivity (Wildman–Crippen MR) is 103 cm³/mol. The molecule has 1 amide bonds. The van der Waals surface area contributed by atoms with Gasteiger partial charge in [-0.05, 0) is 48.5 Å². The zero-order valence-corrected chi connectivity index (χ0v) is 14.8. The molecule has 2 aromatic carbocycles. The fraction of sp³-hybridized carbons (Fsp3) is 0.100. The van der Waals surface area contributed by atoms with Crippen molar-refractivity contribution in [2.45, 2.75) is 0 Å². The number of benzene rings is 2. The largest absolute Gasteiger partial charge is 0.378 e. The molecule has 27 heavy (non-hydrogen) atoms. The van der Waals surface area contributed by atoms with Gasteiger partial charge >= 0.3 is 0 Å². The predicted octanol–water partition coefficient (Wildman–Crippen LogP) is 4.42. The number of hydrogen-bond acceptors (Lipinski definition) is 4. The molecule has 1 aromatic heterocycles. The van der Waals surface area contributed by atoms with Crippen LogP contribution in [0.1, 0.15) is 10.5 Å². The molecule has 0 atom stereocenters. The summed E-state index contributed by atoms with van der Waals surface area (Å²) in [5.74, 6) is -1.87. The standard InChI is InChI=1S/C20H18F2N4O/c1-26(2)15-8-6-13(7-9-15)25-20(27)18-12-14(10-11-23-18)24-19-16(21)4-3-5-17(19)22/h3-12H,1-2H3,(H,23,24)(H,25,27). The highest BCUT2D eigenvalue weighted by molar-refractivity contribution is 6.03. The third-order valence-corrected chi connectivity index (χ3v) is 3.87. The molecule has 1 heterocycles. The van der Waals surface area contributed by atoms with Crippen molar-refractivity contribution in [1.29, 1.82) is 0 Å². The molecule has 0 saturated heterocycles. The molecule has 0 radical (unpaired) electrons. The van der Waals surface area contributed by atoms with Crippen LogP contribution in [0.4, 0.5) is 31.5 Å². The smallest absolute Gasteiger partial charge is 0.274 e. The molecule has 0 unspecified atom stereocenters. The highest BCUT2D eigenvalue weighted by Gasteiger charge is 2.12. The quantitative estimate of drug-likeness (QED) is 0.700. The molecule has 0 bridgehead atoms. The first kappa shape index (κ1) is 18.3. The van der Waals surface area contributed by atoms with E-state index in [-0.39, 0.29) is 11.4 Å². The van der Waals surface area contributed by atoms with Crippen molar-refractivity contribution >= 4 is 28.7 Å². The summed E-state index contributed by atoms with van der Waals surface area (Å²) in [4.78, 5) is 18.4. The second-order valence-corrected chi connectivity index (χ2v) is 6.05. The molecule has 0 aliphatic carbocycles. The number of carbonyl (C=O) groups is 1. The summed E-state index contributed by atoms with van der Waals surface area (Å²) in [6.07, 6.45) is 1.39. The van der Waals surface area contributed by atoms with Gasteiger partial charge in [0.1, 0.15) is 23.0 Å². The van der Waals surface area contributed by atoms with Gasteiger partial charge in [-0.2, -0.15) is 0 Å². The molecule has 3 aromatic rings. The van der Waals surface area contributed by atoms with Crippen molar-refractivity contribution < 1.29 is 13.6 Å². The molecular weight excluding hydrogens is 350 g/mol. The van der Waals surface area contributed by atoms with Gasteiger partial charge in [0.25, 0.3) is 5.91 Å². The van der Waals surface area contributed by atoms with Crippen LogP contribution in [-0.4, -0.2) is 25.0 Å². The lowest BCUT2D eigenvalue weighted by atomic mass is 10.2. The summed E-state index contributed by atoms with van der Waals surface area (Å²) >= 11 is 0. The number of carbonyl (C=O) groups excluding carboxylic acids is 1. The molecule has 0 aliphatic heterocycles. The number of amides is 1. The van der Waals surface area contributed by atoms with Crippen molar-refractivity contribution in [2.24, 2.45) is 0 Å². The number of hydrogen-bond donors (Lipinski definition) is 2. The lowest BCUT2D eigenvalue weighted by Crippen LogP contribution is -2.14. The Morgan fingerprint density at radius 3 is 2.26 bits per heavy atom. The van der Waals surface area contributed by atoms with Gasteiger partial charge in [0.05, 0.1) is 0 Å². The maximum absolute atomic E-state index is 13.8. The highest BCUT2D eigenvalue weighted by Crippen LogP contribution is 2.23. The second kappa shape index (κ2) is 7.82. The number of pyridine rings is 1. The number of halogens is 2. The Bertz CT molecular complexity index is 938. The Balaban J connectivity index is 1.75. The molecule has 7 heteroatoms. The monoisotopic (exact) mass is 368 g/mol. The average molecular weight is 368 g/mol. The van der Waals surface area contributed by atoms with Gasteiger partial charge in [-0.25, -0.2) is 8.78 Å². The minimum Gasteiger partial charge on any atom is -0.378 e. The molecule has 2 N–H and O–H groups in total. The number of nitrogens with zero attached hydrogens (tertiary/aromatic N) is 2. The van der Waals surface area contributed by atoms with Gasteiger partial charge in [-0.1, -0.05) is 6.07 Å². The van der Waals surface area contributed by atoms with Crippen LogP contribution >= 0.6 is 0 Å². The number of nitrogens with one attached hydrogen (secondary N) is 2. The molecule has 0 aliphatic rings. The van der Waals surface area contributed by atoms with Crippen molar-refractivity contribution in [1.82, 2.24) is 4.98 Å². The summed E-state index contributed by atoms with van der Waals surface area (Å²) in [5, 5.41) is 5.39. The van der Waals surface area contributed by atoms with E-state index in [1.165, 1.54) is 24.4 Å². The second-order valence-electron chi connectivity index (χ2n) is 6.05.